The molecule has 13 nitrogen and oxygen atoms in total. The van der Waals surface area contributed by atoms with Crippen molar-refractivity contribution in [1.29, 1.82) is 0 Å². The highest BCUT2D eigenvalue weighted by Crippen LogP contribution is 2.44. The predicted octanol–water partition coefficient (Wildman–Crippen LogP) is 8.03. The molecule has 13 heteroatoms. The minimum atomic E-state index is -0.709. The lowest BCUT2D eigenvalue weighted by molar-refractivity contribution is -0.135. The number of H-pyrrole nitrogens is 2. The molecule has 0 saturated carbocycles. The van der Waals surface area contributed by atoms with Crippen LogP contribution in [-0.4, -0.2) is 79.7 Å². The molecule has 0 spiro atoms. The largest absolute Gasteiger partial charge is 0.488 e. The molecule has 3 N–H and O–H groups in total. The third-order valence-electron chi connectivity index (χ3n) is 11.0. The molecule has 0 bridgehead atoms. The molecule has 2 aromatic heterocycles. The van der Waals surface area contributed by atoms with Crippen LogP contribution in [0.4, 0.5) is 9.59 Å². The van der Waals surface area contributed by atoms with Gasteiger partial charge in [0.15, 0.2) is 0 Å². The van der Waals surface area contributed by atoms with Crippen LogP contribution < -0.4 is 10.1 Å². The number of ether oxygens (including phenoxy) is 3. The van der Waals surface area contributed by atoms with Crippen molar-refractivity contribution in [1.82, 2.24) is 35.1 Å². The minimum absolute atomic E-state index is 0.121. The van der Waals surface area contributed by atoms with E-state index in [1.807, 2.05) is 51.8 Å². The molecule has 4 atom stereocenters. The number of alkyl carbamates (subject to hydrolysis) is 1. The maximum Gasteiger partial charge on any atom is 0.410 e. The topological polar surface area (TPSA) is 155 Å². The van der Waals surface area contributed by atoms with Gasteiger partial charge >= 0.3 is 12.2 Å². The Morgan fingerprint density at radius 1 is 1.00 bits per heavy atom. The number of aromatic amines is 2. The van der Waals surface area contributed by atoms with Crippen LogP contribution in [0.3, 0.4) is 0 Å². The number of fused-ring (bicyclic) bond motifs is 6. The lowest BCUT2D eigenvalue weighted by Crippen LogP contribution is -2.51. The third-order valence-corrected chi connectivity index (χ3v) is 11.0. The number of rotatable bonds is 6. The lowest BCUT2D eigenvalue weighted by Gasteiger charge is -2.30. The van der Waals surface area contributed by atoms with E-state index in [0.29, 0.717) is 19.7 Å². The van der Waals surface area contributed by atoms with E-state index in [0.717, 1.165) is 86.4 Å². The van der Waals surface area contributed by atoms with Crippen molar-refractivity contribution >= 4 is 39.9 Å². The Balaban J connectivity index is 1.06. The molecule has 3 aromatic carbocycles. The first-order valence-corrected chi connectivity index (χ1v) is 19.2. The van der Waals surface area contributed by atoms with E-state index in [9.17, 15) is 14.4 Å². The summed E-state index contributed by atoms with van der Waals surface area (Å²) < 4.78 is 16.9. The second kappa shape index (κ2) is 13.9. The summed E-state index contributed by atoms with van der Waals surface area (Å²) in [5, 5.41) is 4.73. The number of methoxy groups -OCH3 is 1. The number of benzene rings is 3. The number of imidazole rings is 2. The van der Waals surface area contributed by atoms with Gasteiger partial charge in [-0.15, -0.1) is 0 Å². The van der Waals surface area contributed by atoms with Crippen molar-refractivity contribution in [2.45, 2.75) is 91.1 Å². The lowest BCUT2D eigenvalue weighted by atomic mass is 9.92. The molecule has 0 aliphatic carbocycles. The monoisotopic (exact) mass is 747 g/mol. The maximum atomic E-state index is 13.9. The molecule has 3 aliphatic heterocycles. The van der Waals surface area contributed by atoms with Gasteiger partial charge in [-0.1, -0.05) is 39.0 Å². The van der Waals surface area contributed by atoms with Crippen LogP contribution in [0.25, 0.3) is 44.2 Å². The molecule has 2 fully saturated rings. The Morgan fingerprint density at radius 2 is 1.82 bits per heavy atom. The van der Waals surface area contributed by atoms with Crippen molar-refractivity contribution in [3.63, 3.8) is 0 Å². The van der Waals surface area contributed by atoms with Crippen molar-refractivity contribution < 1.29 is 28.6 Å². The number of amides is 3. The van der Waals surface area contributed by atoms with E-state index in [-0.39, 0.29) is 35.9 Å². The van der Waals surface area contributed by atoms with Gasteiger partial charge in [0.1, 0.15) is 35.6 Å². The van der Waals surface area contributed by atoms with Crippen molar-refractivity contribution in [3.8, 4) is 28.1 Å². The molecule has 4 unspecified atom stereocenters. The fraction of sp³-hybridized carbons (Fsp3) is 0.452. The van der Waals surface area contributed by atoms with E-state index in [2.05, 4.69) is 58.6 Å². The van der Waals surface area contributed by atoms with E-state index in [1.165, 1.54) is 7.11 Å². The predicted molar refractivity (Wildman–Crippen MR) is 208 cm³/mol. The van der Waals surface area contributed by atoms with Crippen LogP contribution in [-0.2, 0) is 20.9 Å². The second-order valence-electron chi connectivity index (χ2n) is 16.5. The normalized spacial score (nSPS) is 20.0. The van der Waals surface area contributed by atoms with Gasteiger partial charge in [0.25, 0.3) is 0 Å². The number of aromatic nitrogens is 4. The average molecular weight is 748 g/mol. The molecule has 5 aromatic rings. The summed E-state index contributed by atoms with van der Waals surface area (Å²) in [4.78, 5) is 59.3. The zero-order valence-corrected chi connectivity index (χ0v) is 32.5. The van der Waals surface area contributed by atoms with E-state index in [4.69, 9.17) is 24.2 Å². The summed E-state index contributed by atoms with van der Waals surface area (Å²) in [6, 6.07) is 13.6. The van der Waals surface area contributed by atoms with Crippen molar-refractivity contribution in [3.05, 3.63) is 65.9 Å². The van der Waals surface area contributed by atoms with Crippen LogP contribution in [0.5, 0.6) is 5.75 Å². The first-order valence-electron chi connectivity index (χ1n) is 19.2. The van der Waals surface area contributed by atoms with Gasteiger partial charge in [-0.3, -0.25) is 9.69 Å². The Bertz CT molecular complexity index is 2300. The van der Waals surface area contributed by atoms with Crippen LogP contribution in [0.1, 0.15) is 90.1 Å². The molecule has 55 heavy (non-hydrogen) atoms. The maximum absolute atomic E-state index is 13.9. The van der Waals surface area contributed by atoms with Crippen LogP contribution in [0.15, 0.2) is 48.7 Å². The van der Waals surface area contributed by atoms with Crippen LogP contribution in [0, 0.1) is 11.8 Å². The van der Waals surface area contributed by atoms with Crippen molar-refractivity contribution in [2.24, 2.45) is 11.8 Å². The summed E-state index contributed by atoms with van der Waals surface area (Å²) >= 11 is 0. The highest BCUT2D eigenvalue weighted by atomic mass is 16.6. The van der Waals surface area contributed by atoms with Crippen LogP contribution in [0.2, 0.25) is 0 Å². The standard InChI is InChI=1S/C42H49N7O6/c1-22(2)35(47-40(51)53-7)39(50)49-20-23(3)15-33(49)38-44-30-13-11-24-17-29-27-12-10-25(16-26(27)21-54-34(29)18-28(24)36(30)46-38)31-19-43-37(45-31)32-9-8-14-48(32)41(52)55-42(4,5)6/h10-13,16-19,22-23,32-33,35H,8-9,14-15,20-21H2,1-7H3,(H,43,45)(H,44,46)(H,47,51). The summed E-state index contributed by atoms with van der Waals surface area (Å²) in [5.41, 5.74) is 6.21. The Labute approximate surface area is 320 Å². The van der Waals surface area contributed by atoms with Gasteiger partial charge in [-0.2, -0.15) is 0 Å². The number of likely N-dealkylation sites (tertiary alicyclic amines) is 2. The summed E-state index contributed by atoms with van der Waals surface area (Å²) in [7, 11) is 1.30. The first kappa shape index (κ1) is 36.4. The molecule has 8 rings (SSSR count). The molecular weight excluding hydrogens is 699 g/mol. The highest BCUT2D eigenvalue weighted by molar-refractivity contribution is 6.07. The van der Waals surface area contributed by atoms with Gasteiger partial charge in [-0.25, -0.2) is 19.6 Å². The Morgan fingerprint density at radius 3 is 2.58 bits per heavy atom. The van der Waals surface area contributed by atoms with Gasteiger partial charge in [0.2, 0.25) is 5.91 Å². The van der Waals surface area contributed by atoms with Gasteiger partial charge in [-0.05, 0) is 98.2 Å². The summed E-state index contributed by atoms with van der Waals surface area (Å²) in [6.07, 6.45) is 3.38. The molecule has 0 radical (unpaired) electrons. The zero-order valence-electron chi connectivity index (χ0n) is 32.5. The van der Waals surface area contributed by atoms with E-state index in [1.54, 1.807) is 4.90 Å². The van der Waals surface area contributed by atoms with Gasteiger partial charge in [0, 0.05) is 24.0 Å². The molecule has 3 aliphatic rings. The van der Waals surface area contributed by atoms with Crippen molar-refractivity contribution in [2.75, 3.05) is 20.2 Å². The molecule has 288 valence electrons. The number of hydrogen-bond acceptors (Lipinski definition) is 8. The second-order valence-corrected chi connectivity index (χ2v) is 16.5. The number of hydrogen-bond donors (Lipinski definition) is 3. The van der Waals surface area contributed by atoms with Crippen LogP contribution >= 0.6 is 0 Å². The highest BCUT2D eigenvalue weighted by Gasteiger charge is 2.40. The summed E-state index contributed by atoms with van der Waals surface area (Å²) in [6.45, 7) is 13.2. The SMILES string of the molecule is COC(=O)NC(C(=O)N1CC(C)CC1c1nc2c(ccc3cc4c(cc32)OCc2cc(-c3cnc(C5CCCN5C(=O)OC(C)(C)C)[nH]3)ccc2-4)[nH]1)C(C)C. The fourth-order valence-corrected chi connectivity index (χ4v) is 8.30. The fourth-order valence-electron chi connectivity index (χ4n) is 8.30. The van der Waals surface area contributed by atoms with Gasteiger partial charge < -0.3 is 34.4 Å². The first-order chi connectivity index (χ1) is 26.3. The minimum Gasteiger partial charge on any atom is -0.488 e. The number of nitrogens with one attached hydrogen (secondary N) is 3. The molecule has 3 amide bonds. The Kier molecular flexibility index (Phi) is 9.21. The zero-order chi connectivity index (χ0) is 38.8. The van der Waals surface area contributed by atoms with Gasteiger partial charge in [0.05, 0.1) is 42.1 Å². The molecular formula is C42H49N7O6. The third kappa shape index (κ3) is 6.85. The van der Waals surface area contributed by atoms with E-state index >= 15 is 0 Å². The van der Waals surface area contributed by atoms with E-state index < -0.39 is 17.7 Å². The average Bonchev–Trinajstić information content (AvgIpc) is 3.97. The molecule has 5 heterocycles. The summed E-state index contributed by atoms with van der Waals surface area (Å²) in [5.74, 6) is 2.28. The number of carbonyl (C=O) groups is 3. The Hall–Kier alpha value is -5.59. The number of nitrogens with zero attached hydrogens (tertiary/aromatic N) is 4. The quantitative estimate of drug-likeness (QED) is 0.158. The smallest absolute Gasteiger partial charge is 0.410 e. The molecule has 2 saturated heterocycles. The number of carbonyl (C=O) groups excluding carboxylic acids is 3.